The highest BCUT2D eigenvalue weighted by Gasteiger charge is 2.28. The van der Waals surface area contributed by atoms with Crippen LogP contribution in [0.5, 0.6) is 0 Å². The van der Waals surface area contributed by atoms with Crippen LogP contribution in [0.15, 0.2) is 22.8 Å². The Morgan fingerprint density at radius 3 is 2.42 bits per heavy atom. The molecule has 8 heteroatoms. The van der Waals surface area contributed by atoms with Crippen LogP contribution in [-0.2, 0) is 9.59 Å². The van der Waals surface area contributed by atoms with E-state index in [1.165, 1.54) is 11.2 Å². The Morgan fingerprint density at radius 1 is 1.17 bits per heavy atom. The van der Waals surface area contributed by atoms with Crippen molar-refractivity contribution < 1.29 is 18.8 Å². The first kappa shape index (κ1) is 18.0. The Kier molecular flexibility index (Phi) is 6.36. The minimum atomic E-state index is -0.584. The van der Waals surface area contributed by atoms with Gasteiger partial charge in [-0.1, -0.05) is 0 Å². The summed E-state index contributed by atoms with van der Waals surface area (Å²) in [6.07, 6.45) is 2.24. The van der Waals surface area contributed by atoms with E-state index in [-0.39, 0.29) is 11.7 Å². The highest BCUT2D eigenvalue weighted by Crippen LogP contribution is 2.09. The molecule has 1 aromatic rings. The summed E-state index contributed by atoms with van der Waals surface area (Å²) in [5, 5.41) is 2.64. The third kappa shape index (κ3) is 4.82. The summed E-state index contributed by atoms with van der Waals surface area (Å²) < 4.78 is 5.09. The zero-order valence-corrected chi connectivity index (χ0v) is 14.2. The van der Waals surface area contributed by atoms with Gasteiger partial charge in [-0.3, -0.25) is 14.4 Å². The molecule has 0 saturated carbocycles. The highest BCUT2D eigenvalue weighted by molar-refractivity contribution is 6.35. The smallest absolute Gasteiger partial charge is 0.312 e. The Morgan fingerprint density at radius 2 is 1.83 bits per heavy atom. The van der Waals surface area contributed by atoms with Crippen molar-refractivity contribution in [3.05, 3.63) is 24.2 Å². The lowest BCUT2D eigenvalue weighted by Crippen LogP contribution is -2.53. The zero-order valence-electron chi connectivity index (χ0n) is 14.2. The van der Waals surface area contributed by atoms with Crippen LogP contribution < -0.4 is 5.32 Å². The molecular formula is C16H24N4O4. The van der Waals surface area contributed by atoms with Gasteiger partial charge in [0.25, 0.3) is 5.91 Å². The number of piperazine rings is 1. The molecule has 0 spiro atoms. The molecule has 0 atom stereocenters. The minimum Gasteiger partial charge on any atom is -0.459 e. The largest absolute Gasteiger partial charge is 0.459 e. The summed E-state index contributed by atoms with van der Waals surface area (Å²) in [6.45, 7) is 2.78. The van der Waals surface area contributed by atoms with E-state index in [0.717, 1.165) is 13.0 Å². The fourth-order valence-corrected chi connectivity index (χ4v) is 2.49. The van der Waals surface area contributed by atoms with Crippen LogP contribution in [0.2, 0.25) is 0 Å². The first-order chi connectivity index (χ1) is 11.5. The second kappa shape index (κ2) is 8.49. The molecule has 2 heterocycles. The summed E-state index contributed by atoms with van der Waals surface area (Å²) in [4.78, 5) is 41.3. The Bertz CT molecular complexity index is 563. The fraction of sp³-hybridized carbons (Fsp3) is 0.562. The number of amides is 3. The molecule has 0 unspecified atom stereocenters. The van der Waals surface area contributed by atoms with E-state index in [0.29, 0.717) is 32.7 Å². The van der Waals surface area contributed by atoms with Crippen molar-refractivity contribution >= 4 is 17.7 Å². The number of carbonyl (C=O) groups excluding carboxylic acids is 3. The molecule has 1 aromatic heterocycles. The predicted octanol–water partition coefficient (Wildman–Crippen LogP) is -0.368. The van der Waals surface area contributed by atoms with E-state index in [2.05, 4.69) is 5.32 Å². The second-order valence-electron chi connectivity index (χ2n) is 5.97. The summed E-state index contributed by atoms with van der Waals surface area (Å²) >= 11 is 0. The van der Waals surface area contributed by atoms with E-state index in [1.807, 2.05) is 19.0 Å². The number of hydrogen-bond acceptors (Lipinski definition) is 5. The molecule has 3 amide bonds. The van der Waals surface area contributed by atoms with Gasteiger partial charge in [-0.25, -0.2) is 0 Å². The monoisotopic (exact) mass is 336 g/mol. The van der Waals surface area contributed by atoms with Crippen molar-refractivity contribution in [2.75, 3.05) is 53.4 Å². The van der Waals surface area contributed by atoms with Crippen molar-refractivity contribution in [2.24, 2.45) is 0 Å². The Hall–Kier alpha value is -2.35. The van der Waals surface area contributed by atoms with Crippen LogP contribution in [0.4, 0.5) is 0 Å². The van der Waals surface area contributed by atoms with Crippen molar-refractivity contribution in [1.82, 2.24) is 20.0 Å². The van der Waals surface area contributed by atoms with E-state index < -0.39 is 11.8 Å². The first-order valence-corrected chi connectivity index (χ1v) is 8.03. The number of rotatable bonds is 5. The molecule has 24 heavy (non-hydrogen) atoms. The fourth-order valence-electron chi connectivity index (χ4n) is 2.49. The average molecular weight is 336 g/mol. The minimum absolute atomic E-state index is 0.194. The molecule has 1 N–H and O–H groups in total. The molecule has 0 aliphatic carbocycles. The van der Waals surface area contributed by atoms with Crippen molar-refractivity contribution in [1.29, 1.82) is 0 Å². The molecule has 0 bridgehead atoms. The van der Waals surface area contributed by atoms with Gasteiger partial charge in [0.2, 0.25) is 0 Å². The normalized spacial score (nSPS) is 14.8. The van der Waals surface area contributed by atoms with E-state index in [4.69, 9.17) is 4.42 Å². The summed E-state index contributed by atoms with van der Waals surface area (Å²) in [5.74, 6) is -1.03. The van der Waals surface area contributed by atoms with Crippen LogP contribution in [0.3, 0.4) is 0 Å². The van der Waals surface area contributed by atoms with Crippen LogP contribution in [0.25, 0.3) is 0 Å². The molecule has 1 fully saturated rings. The molecule has 0 aromatic carbocycles. The van der Waals surface area contributed by atoms with Crippen LogP contribution in [-0.4, -0.2) is 85.8 Å². The Balaban J connectivity index is 1.74. The lowest BCUT2D eigenvalue weighted by molar-refractivity contribution is -0.146. The number of nitrogens with zero attached hydrogens (tertiary/aromatic N) is 3. The molecular weight excluding hydrogens is 312 g/mol. The molecule has 2 rings (SSSR count). The van der Waals surface area contributed by atoms with Crippen LogP contribution in [0.1, 0.15) is 17.0 Å². The predicted molar refractivity (Wildman–Crippen MR) is 87.4 cm³/mol. The van der Waals surface area contributed by atoms with Gasteiger partial charge in [0.15, 0.2) is 5.76 Å². The topological polar surface area (TPSA) is 86.1 Å². The van der Waals surface area contributed by atoms with Gasteiger partial charge in [0.05, 0.1) is 6.26 Å². The third-order valence-electron chi connectivity index (χ3n) is 3.85. The average Bonchev–Trinajstić information content (AvgIpc) is 3.11. The van der Waals surface area contributed by atoms with Gasteiger partial charge in [-0.2, -0.15) is 0 Å². The summed E-state index contributed by atoms with van der Waals surface area (Å²) in [5.41, 5.74) is 0. The van der Waals surface area contributed by atoms with E-state index in [9.17, 15) is 14.4 Å². The highest BCUT2D eigenvalue weighted by atomic mass is 16.3. The standard InChI is InChI=1S/C16H24N4O4/c1-18(2)7-4-6-17-14(21)16(23)20-10-8-19(9-11-20)15(22)13-5-3-12-24-13/h3,5,12H,4,6-11H2,1-2H3,(H,17,21). The summed E-state index contributed by atoms with van der Waals surface area (Å²) in [7, 11) is 3.91. The lowest BCUT2D eigenvalue weighted by Gasteiger charge is -2.33. The maximum atomic E-state index is 12.1. The van der Waals surface area contributed by atoms with Crippen LogP contribution >= 0.6 is 0 Å². The molecule has 1 saturated heterocycles. The van der Waals surface area contributed by atoms with Crippen molar-refractivity contribution in [3.8, 4) is 0 Å². The van der Waals surface area contributed by atoms with Gasteiger partial charge in [0, 0.05) is 32.7 Å². The molecule has 0 radical (unpaired) electrons. The summed E-state index contributed by atoms with van der Waals surface area (Å²) in [6, 6.07) is 3.27. The van der Waals surface area contributed by atoms with Crippen molar-refractivity contribution in [3.63, 3.8) is 0 Å². The number of carbonyl (C=O) groups is 3. The van der Waals surface area contributed by atoms with Gasteiger partial charge in [-0.15, -0.1) is 0 Å². The number of furan rings is 1. The first-order valence-electron chi connectivity index (χ1n) is 8.03. The lowest BCUT2D eigenvalue weighted by atomic mass is 10.2. The number of hydrogen-bond donors (Lipinski definition) is 1. The SMILES string of the molecule is CN(C)CCCNC(=O)C(=O)N1CCN(C(=O)c2ccco2)CC1. The maximum Gasteiger partial charge on any atom is 0.312 e. The van der Waals surface area contributed by atoms with Gasteiger partial charge in [-0.05, 0) is 39.2 Å². The maximum absolute atomic E-state index is 12.1. The van der Waals surface area contributed by atoms with Gasteiger partial charge in [0.1, 0.15) is 0 Å². The van der Waals surface area contributed by atoms with Crippen LogP contribution in [0, 0.1) is 0 Å². The molecule has 132 valence electrons. The van der Waals surface area contributed by atoms with E-state index >= 15 is 0 Å². The molecule has 1 aliphatic rings. The zero-order chi connectivity index (χ0) is 17.5. The number of nitrogens with one attached hydrogen (secondary N) is 1. The van der Waals surface area contributed by atoms with E-state index in [1.54, 1.807) is 17.0 Å². The Labute approximate surface area is 141 Å². The molecule has 1 aliphatic heterocycles. The molecule has 8 nitrogen and oxygen atoms in total. The third-order valence-corrected chi connectivity index (χ3v) is 3.85. The van der Waals surface area contributed by atoms with Gasteiger partial charge >= 0.3 is 11.8 Å². The second-order valence-corrected chi connectivity index (χ2v) is 5.97. The van der Waals surface area contributed by atoms with Gasteiger partial charge < -0.3 is 24.4 Å². The quantitative estimate of drug-likeness (QED) is 0.586. The van der Waals surface area contributed by atoms with Crippen molar-refractivity contribution in [2.45, 2.75) is 6.42 Å².